The van der Waals surface area contributed by atoms with Crippen LogP contribution in [-0.2, 0) is 4.74 Å². The second-order valence-electron chi connectivity index (χ2n) is 4.48. The van der Waals surface area contributed by atoms with Crippen LogP contribution in [0.25, 0.3) is 0 Å². The van der Waals surface area contributed by atoms with Crippen LogP contribution in [0.2, 0.25) is 0 Å². The highest BCUT2D eigenvalue weighted by Crippen LogP contribution is 2.12. The number of hydrogen-bond donors (Lipinski definition) is 1. The zero-order valence-electron chi connectivity index (χ0n) is 11.1. The molecule has 0 aliphatic heterocycles. The molecule has 1 atom stereocenters. The summed E-state index contributed by atoms with van der Waals surface area (Å²) in [5, 5.41) is 3.44. The van der Waals surface area contributed by atoms with Gasteiger partial charge in [0, 0.05) is 19.7 Å². The molecule has 1 rings (SSSR count). The Balaban J connectivity index is 2.03. The molecule has 0 radical (unpaired) electrons. The number of benzene rings is 1. The molecule has 0 aromatic heterocycles. The Bertz CT molecular complexity index is 274. The van der Waals surface area contributed by atoms with Crippen LogP contribution in [0.1, 0.15) is 38.2 Å². The highest BCUT2D eigenvalue weighted by molar-refractivity contribution is 5.18. The average molecular weight is 235 g/mol. The Morgan fingerprint density at radius 2 is 1.94 bits per heavy atom. The first-order chi connectivity index (χ1) is 8.34. The molecule has 0 fully saturated rings. The summed E-state index contributed by atoms with van der Waals surface area (Å²) in [4.78, 5) is 0. The van der Waals surface area contributed by atoms with Gasteiger partial charge in [0.2, 0.25) is 0 Å². The first kappa shape index (κ1) is 14.2. The summed E-state index contributed by atoms with van der Waals surface area (Å²) in [6, 6.07) is 10.6. The van der Waals surface area contributed by atoms with Crippen LogP contribution >= 0.6 is 0 Å². The Hall–Kier alpha value is -0.860. The van der Waals surface area contributed by atoms with Crippen molar-refractivity contribution in [3.63, 3.8) is 0 Å². The van der Waals surface area contributed by atoms with Crippen LogP contribution in [-0.4, -0.2) is 26.3 Å². The average Bonchev–Trinajstić information content (AvgIpc) is 2.38. The van der Waals surface area contributed by atoms with Gasteiger partial charge in [-0.2, -0.15) is 0 Å². The molecular formula is C15H25NO. The Morgan fingerprint density at radius 1 is 1.18 bits per heavy atom. The minimum atomic E-state index is 0.562. The maximum Gasteiger partial charge on any atom is 0.0590 e. The number of ether oxygens (including phenoxy) is 1. The van der Waals surface area contributed by atoms with Crippen LogP contribution in [0.5, 0.6) is 0 Å². The van der Waals surface area contributed by atoms with Gasteiger partial charge < -0.3 is 10.1 Å². The lowest BCUT2D eigenvalue weighted by molar-refractivity contribution is 0.133. The van der Waals surface area contributed by atoms with Crippen molar-refractivity contribution in [2.75, 3.05) is 26.3 Å². The molecule has 0 amide bonds. The van der Waals surface area contributed by atoms with Crippen LogP contribution in [0.4, 0.5) is 0 Å². The van der Waals surface area contributed by atoms with Gasteiger partial charge in [-0.25, -0.2) is 0 Å². The van der Waals surface area contributed by atoms with Gasteiger partial charge in [-0.3, -0.25) is 0 Å². The smallest absolute Gasteiger partial charge is 0.0590 e. The molecular weight excluding hydrogens is 210 g/mol. The zero-order chi connectivity index (χ0) is 12.3. The minimum Gasteiger partial charge on any atom is -0.380 e. The quantitative estimate of drug-likeness (QED) is 0.664. The molecule has 2 nitrogen and oxygen atoms in total. The molecule has 96 valence electrons. The number of hydrogen-bond acceptors (Lipinski definition) is 2. The molecule has 0 heterocycles. The maximum atomic E-state index is 5.50. The van der Waals surface area contributed by atoms with E-state index in [4.69, 9.17) is 4.74 Å². The predicted molar refractivity (Wildman–Crippen MR) is 73.5 cm³/mol. The van der Waals surface area contributed by atoms with Crippen molar-refractivity contribution in [1.82, 2.24) is 5.32 Å². The van der Waals surface area contributed by atoms with Crippen molar-refractivity contribution in [2.45, 2.75) is 32.6 Å². The predicted octanol–water partition coefficient (Wildman–Crippen LogP) is 3.20. The summed E-state index contributed by atoms with van der Waals surface area (Å²) in [5.41, 5.74) is 1.40. The van der Waals surface area contributed by atoms with E-state index >= 15 is 0 Å². The molecule has 0 aliphatic carbocycles. The van der Waals surface area contributed by atoms with Crippen molar-refractivity contribution in [3.05, 3.63) is 35.9 Å². The summed E-state index contributed by atoms with van der Waals surface area (Å²) in [7, 11) is 0. The molecule has 1 unspecified atom stereocenters. The van der Waals surface area contributed by atoms with E-state index in [-0.39, 0.29) is 0 Å². The summed E-state index contributed by atoms with van der Waals surface area (Å²) < 4.78 is 5.50. The fourth-order valence-corrected chi connectivity index (χ4v) is 1.71. The molecule has 17 heavy (non-hydrogen) atoms. The zero-order valence-corrected chi connectivity index (χ0v) is 11.1. The molecule has 1 N–H and O–H groups in total. The third kappa shape index (κ3) is 6.44. The maximum absolute atomic E-state index is 5.50. The fourth-order valence-electron chi connectivity index (χ4n) is 1.71. The van der Waals surface area contributed by atoms with E-state index in [0.29, 0.717) is 5.92 Å². The van der Waals surface area contributed by atoms with E-state index in [9.17, 15) is 0 Å². The van der Waals surface area contributed by atoms with Crippen LogP contribution in [0, 0.1) is 0 Å². The first-order valence-electron chi connectivity index (χ1n) is 6.68. The van der Waals surface area contributed by atoms with E-state index in [0.717, 1.165) is 26.3 Å². The second-order valence-corrected chi connectivity index (χ2v) is 4.48. The van der Waals surface area contributed by atoms with Crippen molar-refractivity contribution in [3.8, 4) is 0 Å². The number of unbranched alkanes of at least 4 members (excludes halogenated alkanes) is 1. The van der Waals surface area contributed by atoms with Crippen molar-refractivity contribution in [1.29, 1.82) is 0 Å². The largest absolute Gasteiger partial charge is 0.380 e. The van der Waals surface area contributed by atoms with Gasteiger partial charge in [0.25, 0.3) is 0 Å². The monoisotopic (exact) mass is 235 g/mol. The van der Waals surface area contributed by atoms with E-state index in [1.54, 1.807) is 0 Å². The van der Waals surface area contributed by atoms with Gasteiger partial charge in [0.1, 0.15) is 0 Å². The lowest BCUT2D eigenvalue weighted by Crippen LogP contribution is -2.24. The van der Waals surface area contributed by atoms with Gasteiger partial charge in [0.15, 0.2) is 0 Å². The molecule has 0 saturated heterocycles. The summed E-state index contributed by atoms with van der Waals surface area (Å²) in [6.07, 6.45) is 2.37. The third-order valence-corrected chi connectivity index (χ3v) is 2.88. The SMILES string of the molecule is CCCCOCCNCC(C)c1ccccc1. The lowest BCUT2D eigenvalue weighted by Gasteiger charge is -2.13. The molecule has 0 aliphatic rings. The Labute approximate surface area is 105 Å². The Morgan fingerprint density at radius 3 is 2.65 bits per heavy atom. The van der Waals surface area contributed by atoms with E-state index in [1.165, 1.54) is 18.4 Å². The Kier molecular flexibility index (Phi) is 7.69. The van der Waals surface area contributed by atoms with E-state index in [2.05, 4.69) is 49.5 Å². The molecule has 0 spiro atoms. The van der Waals surface area contributed by atoms with Crippen molar-refractivity contribution in [2.24, 2.45) is 0 Å². The van der Waals surface area contributed by atoms with Crippen molar-refractivity contribution < 1.29 is 4.74 Å². The van der Waals surface area contributed by atoms with Crippen LogP contribution in [0.3, 0.4) is 0 Å². The third-order valence-electron chi connectivity index (χ3n) is 2.88. The number of rotatable bonds is 9. The van der Waals surface area contributed by atoms with Gasteiger partial charge in [-0.15, -0.1) is 0 Å². The van der Waals surface area contributed by atoms with Crippen molar-refractivity contribution >= 4 is 0 Å². The molecule has 1 aromatic carbocycles. The summed E-state index contributed by atoms with van der Waals surface area (Å²) >= 11 is 0. The molecule has 1 aromatic rings. The molecule has 0 bridgehead atoms. The fraction of sp³-hybridized carbons (Fsp3) is 0.600. The topological polar surface area (TPSA) is 21.3 Å². The normalized spacial score (nSPS) is 12.6. The van der Waals surface area contributed by atoms with Crippen LogP contribution < -0.4 is 5.32 Å². The number of nitrogens with one attached hydrogen (secondary N) is 1. The minimum absolute atomic E-state index is 0.562. The lowest BCUT2D eigenvalue weighted by atomic mass is 10.0. The molecule has 2 heteroatoms. The van der Waals surface area contributed by atoms with Gasteiger partial charge in [-0.05, 0) is 17.9 Å². The van der Waals surface area contributed by atoms with Gasteiger partial charge in [-0.1, -0.05) is 50.6 Å². The van der Waals surface area contributed by atoms with E-state index < -0.39 is 0 Å². The first-order valence-corrected chi connectivity index (χ1v) is 6.68. The second kappa shape index (κ2) is 9.20. The van der Waals surface area contributed by atoms with Gasteiger partial charge in [0.05, 0.1) is 6.61 Å². The highest BCUT2D eigenvalue weighted by Gasteiger charge is 2.03. The van der Waals surface area contributed by atoms with Crippen LogP contribution in [0.15, 0.2) is 30.3 Å². The van der Waals surface area contributed by atoms with E-state index in [1.807, 2.05) is 0 Å². The summed E-state index contributed by atoms with van der Waals surface area (Å²) in [6.45, 7) is 8.11. The highest BCUT2D eigenvalue weighted by atomic mass is 16.5. The van der Waals surface area contributed by atoms with Gasteiger partial charge >= 0.3 is 0 Å². The molecule has 0 saturated carbocycles. The summed E-state index contributed by atoms with van der Waals surface area (Å²) in [5.74, 6) is 0.562. The standard InChI is InChI=1S/C15H25NO/c1-3-4-11-17-12-10-16-13-14(2)15-8-6-5-7-9-15/h5-9,14,16H,3-4,10-13H2,1-2H3.